The van der Waals surface area contributed by atoms with Gasteiger partial charge in [-0.05, 0) is 80.3 Å². The van der Waals surface area contributed by atoms with Crippen LogP contribution in [0.4, 0.5) is 4.39 Å². The average Bonchev–Trinajstić information content (AvgIpc) is 2.41. The van der Waals surface area contributed by atoms with E-state index in [0.29, 0.717) is 0 Å². The molecule has 1 N–H and O–H groups in total. The maximum Gasteiger partial charge on any atom is 0.123 e. The van der Waals surface area contributed by atoms with Gasteiger partial charge in [0.25, 0.3) is 0 Å². The number of halogens is 1. The maximum atomic E-state index is 13.5. The van der Waals surface area contributed by atoms with E-state index >= 15 is 0 Å². The van der Waals surface area contributed by atoms with Gasteiger partial charge in [-0.15, -0.1) is 0 Å². The summed E-state index contributed by atoms with van der Waals surface area (Å²) in [5, 5.41) is 3.33. The zero-order chi connectivity index (χ0) is 14.9. The fraction of sp³-hybridized carbons (Fsp3) is 0.333. The number of rotatable bonds is 3. The molecule has 0 saturated carbocycles. The minimum Gasteiger partial charge on any atom is -0.309 e. The molecule has 0 aliphatic rings. The number of hydrogen-bond donors (Lipinski definition) is 1. The van der Waals surface area contributed by atoms with Crippen LogP contribution in [0, 0.1) is 33.5 Å². The second-order valence-corrected chi connectivity index (χ2v) is 5.45. The quantitative estimate of drug-likeness (QED) is 0.874. The van der Waals surface area contributed by atoms with E-state index in [1.165, 1.54) is 33.9 Å². The van der Waals surface area contributed by atoms with Crippen LogP contribution in [-0.2, 0) is 0 Å². The van der Waals surface area contributed by atoms with Gasteiger partial charge in [-0.25, -0.2) is 4.39 Å². The first-order chi connectivity index (χ1) is 9.45. The van der Waals surface area contributed by atoms with Crippen LogP contribution in [0.5, 0.6) is 0 Å². The Morgan fingerprint density at radius 3 is 2.05 bits per heavy atom. The largest absolute Gasteiger partial charge is 0.309 e. The highest BCUT2D eigenvalue weighted by atomic mass is 19.1. The van der Waals surface area contributed by atoms with Gasteiger partial charge in [-0.3, -0.25) is 0 Å². The van der Waals surface area contributed by atoms with Crippen molar-refractivity contribution in [2.75, 3.05) is 7.05 Å². The summed E-state index contributed by atoms with van der Waals surface area (Å²) in [5.74, 6) is -0.192. The molecule has 0 saturated heterocycles. The molecule has 0 aromatic heterocycles. The van der Waals surface area contributed by atoms with Gasteiger partial charge in [0.05, 0.1) is 6.04 Å². The van der Waals surface area contributed by atoms with Crippen molar-refractivity contribution in [3.8, 4) is 0 Å². The van der Waals surface area contributed by atoms with Crippen LogP contribution >= 0.6 is 0 Å². The number of nitrogens with one attached hydrogen (secondary N) is 1. The van der Waals surface area contributed by atoms with Gasteiger partial charge in [-0.1, -0.05) is 18.2 Å². The molecular weight excluding hydrogens is 249 g/mol. The monoisotopic (exact) mass is 271 g/mol. The zero-order valence-electron chi connectivity index (χ0n) is 12.8. The van der Waals surface area contributed by atoms with Crippen molar-refractivity contribution < 1.29 is 4.39 Å². The Morgan fingerprint density at radius 2 is 1.55 bits per heavy atom. The van der Waals surface area contributed by atoms with Crippen LogP contribution in [0.25, 0.3) is 0 Å². The van der Waals surface area contributed by atoms with Crippen molar-refractivity contribution >= 4 is 0 Å². The Bertz CT molecular complexity index is 605. The van der Waals surface area contributed by atoms with E-state index in [4.69, 9.17) is 0 Å². The number of hydrogen-bond acceptors (Lipinski definition) is 1. The Morgan fingerprint density at radius 1 is 0.950 bits per heavy atom. The topological polar surface area (TPSA) is 12.0 Å². The Hall–Kier alpha value is -1.67. The molecule has 0 amide bonds. The van der Waals surface area contributed by atoms with Crippen molar-refractivity contribution in [2.45, 2.75) is 33.7 Å². The summed E-state index contributed by atoms with van der Waals surface area (Å²) in [7, 11) is 1.92. The Kier molecular flexibility index (Phi) is 4.24. The summed E-state index contributed by atoms with van der Waals surface area (Å²) in [6.07, 6.45) is 0. The average molecular weight is 271 g/mol. The minimum atomic E-state index is -0.192. The predicted molar refractivity (Wildman–Crippen MR) is 82.7 cm³/mol. The van der Waals surface area contributed by atoms with E-state index in [1.54, 1.807) is 12.1 Å². The van der Waals surface area contributed by atoms with Gasteiger partial charge >= 0.3 is 0 Å². The van der Waals surface area contributed by atoms with Crippen molar-refractivity contribution in [3.63, 3.8) is 0 Å². The highest BCUT2D eigenvalue weighted by molar-refractivity contribution is 5.48. The van der Waals surface area contributed by atoms with E-state index in [1.807, 2.05) is 13.1 Å². The van der Waals surface area contributed by atoms with Gasteiger partial charge in [0.1, 0.15) is 5.82 Å². The molecule has 1 nitrogen and oxygen atoms in total. The first-order valence-corrected chi connectivity index (χ1v) is 6.95. The fourth-order valence-electron chi connectivity index (χ4n) is 2.84. The molecule has 20 heavy (non-hydrogen) atoms. The molecule has 0 radical (unpaired) electrons. The highest BCUT2D eigenvalue weighted by Crippen LogP contribution is 2.31. The summed E-state index contributed by atoms with van der Waals surface area (Å²) >= 11 is 0. The van der Waals surface area contributed by atoms with Gasteiger partial charge in [-0.2, -0.15) is 0 Å². The molecule has 0 fully saturated rings. The summed E-state index contributed by atoms with van der Waals surface area (Å²) in [6, 6.07) is 9.06. The van der Waals surface area contributed by atoms with Gasteiger partial charge in [0.15, 0.2) is 0 Å². The lowest BCUT2D eigenvalue weighted by Gasteiger charge is -2.24. The molecule has 0 aliphatic carbocycles. The first kappa shape index (κ1) is 14.7. The van der Waals surface area contributed by atoms with Gasteiger partial charge < -0.3 is 5.32 Å². The van der Waals surface area contributed by atoms with E-state index < -0.39 is 0 Å². The van der Waals surface area contributed by atoms with E-state index in [-0.39, 0.29) is 11.9 Å². The van der Waals surface area contributed by atoms with Crippen molar-refractivity contribution in [1.82, 2.24) is 5.32 Å². The molecule has 1 atom stereocenters. The van der Waals surface area contributed by atoms with Crippen molar-refractivity contribution in [3.05, 3.63) is 69.5 Å². The molecule has 0 heterocycles. The Labute approximate surface area is 120 Å². The third-order valence-electron chi connectivity index (χ3n) is 4.18. The lowest BCUT2D eigenvalue weighted by atomic mass is 9.87. The normalized spacial score (nSPS) is 12.5. The summed E-state index contributed by atoms with van der Waals surface area (Å²) in [5.41, 5.74) is 7.33. The molecule has 0 spiro atoms. The van der Waals surface area contributed by atoms with Crippen LogP contribution in [-0.4, -0.2) is 7.05 Å². The lowest BCUT2D eigenvalue weighted by molar-refractivity contribution is 0.615. The second kappa shape index (κ2) is 5.76. The van der Waals surface area contributed by atoms with Crippen LogP contribution in [0.1, 0.15) is 39.4 Å². The standard InChI is InChI=1S/C18H22FN/c1-11-9-12(2)14(4)17(13(11)3)18(20-5)15-7-6-8-16(19)10-15/h6-10,18,20H,1-5H3. The molecule has 2 rings (SSSR count). The third-order valence-corrected chi connectivity index (χ3v) is 4.18. The first-order valence-electron chi connectivity index (χ1n) is 6.95. The van der Waals surface area contributed by atoms with Gasteiger partial charge in [0.2, 0.25) is 0 Å². The summed E-state index contributed by atoms with van der Waals surface area (Å²) in [4.78, 5) is 0. The molecule has 1 unspecified atom stereocenters. The fourth-order valence-corrected chi connectivity index (χ4v) is 2.84. The van der Waals surface area contributed by atoms with Crippen LogP contribution in [0.2, 0.25) is 0 Å². The molecule has 0 bridgehead atoms. The van der Waals surface area contributed by atoms with Crippen LogP contribution < -0.4 is 5.32 Å². The SMILES string of the molecule is CNC(c1cccc(F)c1)c1c(C)c(C)cc(C)c1C. The predicted octanol–water partition coefficient (Wildman–Crippen LogP) is 4.37. The molecule has 106 valence electrons. The van der Waals surface area contributed by atoms with Crippen molar-refractivity contribution in [1.29, 1.82) is 0 Å². The molecule has 2 heteroatoms. The van der Waals surface area contributed by atoms with Crippen LogP contribution in [0.15, 0.2) is 30.3 Å². The molecule has 0 aliphatic heterocycles. The molecule has 2 aromatic rings. The van der Waals surface area contributed by atoms with Crippen molar-refractivity contribution in [2.24, 2.45) is 0 Å². The summed E-state index contributed by atoms with van der Waals surface area (Å²) in [6.45, 7) is 8.54. The van der Waals surface area contributed by atoms with E-state index in [0.717, 1.165) is 5.56 Å². The second-order valence-electron chi connectivity index (χ2n) is 5.45. The lowest BCUT2D eigenvalue weighted by Crippen LogP contribution is -2.21. The third kappa shape index (κ3) is 2.61. The number of aryl methyl sites for hydroxylation is 2. The highest BCUT2D eigenvalue weighted by Gasteiger charge is 2.19. The Balaban J connectivity index is 2.64. The van der Waals surface area contributed by atoms with E-state index in [2.05, 4.69) is 39.1 Å². The maximum absolute atomic E-state index is 13.5. The minimum absolute atomic E-state index is 0.0179. The smallest absolute Gasteiger partial charge is 0.123 e. The summed E-state index contributed by atoms with van der Waals surface area (Å²) < 4.78 is 13.5. The zero-order valence-corrected chi connectivity index (χ0v) is 12.8. The number of benzene rings is 2. The molecular formula is C18H22FN. The van der Waals surface area contributed by atoms with E-state index in [9.17, 15) is 4.39 Å². The van der Waals surface area contributed by atoms with Crippen LogP contribution in [0.3, 0.4) is 0 Å². The van der Waals surface area contributed by atoms with Gasteiger partial charge in [0, 0.05) is 0 Å². The molecule has 2 aromatic carbocycles.